The second-order valence-corrected chi connectivity index (χ2v) is 8.91. The van der Waals surface area contributed by atoms with E-state index in [1.54, 1.807) is 19.1 Å². The molecule has 2 aromatic carbocycles. The molecule has 1 saturated carbocycles. The Balaban J connectivity index is 1.34. The van der Waals surface area contributed by atoms with Crippen molar-refractivity contribution in [3.8, 4) is 22.9 Å². The van der Waals surface area contributed by atoms with Crippen LogP contribution in [0.3, 0.4) is 0 Å². The summed E-state index contributed by atoms with van der Waals surface area (Å²) >= 11 is 2.04. The molecule has 0 radical (unpaired) electrons. The Hall–Kier alpha value is -2.62. The number of rotatable bonds is 6. The van der Waals surface area contributed by atoms with E-state index in [9.17, 15) is 9.90 Å². The zero-order valence-electron chi connectivity index (χ0n) is 17.2. The molecule has 0 bridgehead atoms. The number of hydrogen-bond acceptors (Lipinski definition) is 6. The minimum absolute atomic E-state index is 0.104. The van der Waals surface area contributed by atoms with Crippen LogP contribution in [-0.4, -0.2) is 27.3 Å². The molecule has 2 N–H and O–H groups in total. The number of nitrogens with one attached hydrogen (secondary N) is 1. The lowest BCUT2D eigenvalue weighted by Crippen LogP contribution is -2.23. The van der Waals surface area contributed by atoms with E-state index >= 15 is 0 Å². The molecule has 1 aliphatic rings. The van der Waals surface area contributed by atoms with E-state index < -0.39 is 5.91 Å². The number of carbonyl (C=O) groups is 1. The molecule has 0 spiro atoms. The number of amides is 1. The Bertz CT molecular complexity index is 1040. The highest BCUT2D eigenvalue weighted by molar-refractivity contribution is 14.1. The molecule has 1 aliphatic carbocycles. The topological polar surface area (TPSA) is 97.5 Å². The van der Waals surface area contributed by atoms with Gasteiger partial charge in [0.15, 0.2) is 0 Å². The molecule has 162 valence electrons. The lowest BCUT2D eigenvalue weighted by molar-refractivity contribution is 0.0907. The average molecular weight is 533 g/mol. The number of aromatic nitrogens is 2. The molecule has 0 aliphatic heterocycles. The van der Waals surface area contributed by atoms with Crippen molar-refractivity contribution < 1.29 is 19.2 Å². The van der Waals surface area contributed by atoms with Gasteiger partial charge in [0.25, 0.3) is 0 Å². The number of benzene rings is 2. The van der Waals surface area contributed by atoms with Crippen LogP contribution in [0.15, 0.2) is 40.9 Å². The van der Waals surface area contributed by atoms with E-state index in [2.05, 4.69) is 15.5 Å². The van der Waals surface area contributed by atoms with Crippen LogP contribution in [0, 0.1) is 10.5 Å². The first-order valence-electron chi connectivity index (χ1n) is 10.4. The van der Waals surface area contributed by atoms with Crippen molar-refractivity contribution in [3.63, 3.8) is 0 Å². The summed E-state index contributed by atoms with van der Waals surface area (Å²) in [5.74, 6) is 0.846. The highest BCUT2D eigenvalue weighted by Crippen LogP contribution is 2.29. The lowest BCUT2D eigenvalue weighted by Gasteiger charge is -2.23. The Morgan fingerprint density at radius 2 is 1.97 bits per heavy atom. The van der Waals surface area contributed by atoms with Crippen molar-refractivity contribution in [2.75, 3.05) is 0 Å². The molecule has 0 unspecified atom stereocenters. The van der Waals surface area contributed by atoms with Gasteiger partial charge in [-0.15, -0.1) is 0 Å². The van der Waals surface area contributed by atoms with Crippen LogP contribution in [0.1, 0.15) is 53.9 Å². The van der Waals surface area contributed by atoms with Gasteiger partial charge >= 0.3 is 11.8 Å². The van der Waals surface area contributed by atoms with E-state index in [0.717, 1.165) is 24.2 Å². The highest BCUT2D eigenvalue weighted by atomic mass is 127. The monoisotopic (exact) mass is 533 g/mol. The normalized spacial score (nSPS) is 14.4. The second kappa shape index (κ2) is 9.67. The van der Waals surface area contributed by atoms with Crippen LogP contribution in [0.25, 0.3) is 11.4 Å². The minimum atomic E-state index is -0.438. The zero-order valence-corrected chi connectivity index (χ0v) is 19.4. The van der Waals surface area contributed by atoms with E-state index in [1.165, 1.54) is 19.3 Å². The number of ether oxygens (including phenoxy) is 1. The molecule has 8 heteroatoms. The molecule has 1 fully saturated rings. The van der Waals surface area contributed by atoms with Crippen molar-refractivity contribution in [3.05, 3.63) is 57.0 Å². The van der Waals surface area contributed by atoms with Gasteiger partial charge in [-0.3, -0.25) is 4.79 Å². The molecule has 3 aromatic rings. The van der Waals surface area contributed by atoms with Crippen LogP contribution >= 0.6 is 22.6 Å². The summed E-state index contributed by atoms with van der Waals surface area (Å²) in [6.45, 7) is 2.14. The Morgan fingerprint density at radius 1 is 1.23 bits per heavy atom. The summed E-state index contributed by atoms with van der Waals surface area (Å²) in [6, 6.07) is 11.3. The molecular weight excluding hydrogens is 509 g/mol. The maximum absolute atomic E-state index is 12.4. The van der Waals surface area contributed by atoms with Crippen LogP contribution < -0.4 is 10.1 Å². The fourth-order valence-corrected chi connectivity index (χ4v) is 4.38. The number of nitrogens with zero attached hydrogens (tertiary/aromatic N) is 2. The third-order valence-electron chi connectivity index (χ3n) is 5.36. The first-order chi connectivity index (χ1) is 15.0. The van der Waals surface area contributed by atoms with Gasteiger partial charge in [0.1, 0.15) is 11.5 Å². The number of hydrogen-bond donors (Lipinski definition) is 2. The van der Waals surface area contributed by atoms with Gasteiger partial charge in [-0.2, -0.15) is 4.98 Å². The molecule has 1 amide bonds. The third kappa shape index (κ3) is 5.36. The fraction of sp³-hybridized carbons (Fsp3) is 0.348. The van der Waals surface area contributed by atoms with Gasteiger partial charge in [0.2, 0.25) is 5.82 Å². The molecule has 4 rings (SSSR count). The van der Waals surface area contributed by atoms with Crippen molar-refractivity contribution in [1.82, 2.24) is 15.5 Å². The van der Waals surface area contributed by atoms with Gasteiger partial charge in [0, 0.05) is 12.1 Å². The first-order valence-corrected chi connectivity index (χ1v) is 11.4. The number of carbonyl (C=O) groups excluding carboxylic acids is 1. The minimum Gasteiger partial charge on any atom is -0.507 e. The van der Waals surface area contributed by atoms with Crippen molar-refractivity contribution in [1.29, 1.82) is 0 Å². The van der Waals surface area contributed by atoms with Crippen molar-refractivity contribution in [2.24, 2.45) is 0 Å². The standard InChI is InChI=1S/C23H24IN3O4/c1-14-11-16(12-19(24)20(14)28)21-26-23(31-27-21)22(29)25-13-15-7-9-18(10-8-15)30-17-5-3-2-4-6-17/h7-12,17,28H,2-6,13H2,1H3,(H,25,29). The molecule has 1 heterocycles. The third-order valence-corrected chi connectivity index (χ3v) is 6.19. The maximum atomic E-state index is 12.4. The fourth-order valence-electron chi connectivity index (χ4n) is 3.62. The lowest BCUT2D eigenvalue weighted by atomic mass is 9.98. The quantitative estimate of drug-likeness (QED) is 0.433. The van der Waals surface area contributed by atoms with Crippen LogP contribution in [0.5, 0.6) is 11.5 Å². The van der Waals surface area contributed by atoms with E-state index in [4.69, 9.17) is 9.26 Å². The van der Waals surface area contributed by atoms with E-state index in [1.807, 2.05) is 46.9 Å². The van der Waals surface area contributed by atoms with Gasteiger partial charge < -0.3 is 19.7 Å². The van der Waals surface area contributed by atoms with Crippen molar-refractivity contribution in [2.45, 2.75) is 51.7 Å². The number of halogens is 1. The first kappa shape index (κ1) is 21.6. The summed E-state index contributed by atoms with van der Waals surface area (Å²) in [4.78, 5) is 16.6. The van der Waals surface area contributed by atoms with Gasteiger partial charge in [-0.05, 0) is 90.6 Å². The molecule has 0 atom stereocenters. The smallest absolute Gasteiger partial charge is 0.316 e. The Morgan fingerprint density at radius 3 is 2.68 bits per heavy atom. The molecule has 7 nitrogen and oxygen atoms in total. The molecule has 31 heavy (non-hydrogen) atoms. The SMILES string of the molecule is Cc1cc(-c2noc(C(=O)NCc3ccc(OC4CCCCC4)cc3)n2)cc(I)c1O. The summed E-state index contributed by atoms with van der Waals surface area (Å²) in [5, 5.41) is 16.6. The van der Waals surface area contributed by atoms with Crippen LogP contribution in [0.4, 0.5) is 0 Å². The largest absolute Gasteiger partial charge is 0.507 e. The second-order valence-electron chi connectivity index (χ2n) is 7.75. The molecule has 1 aromatic heterocycles. The number of phenols is 1. The molecule has 0 saturated heterocycles. The predicted molar refractivity (Wildman–Crippen MR) is 124 cm³/mol. The summed E-state index contributed by atoms with van der Waals surface area (Å²) in [5.41, 5.74) is 2.33. The summed E-state index contributed by atoms with van der Waals surface area (Å²) in [7, 11) is 0. The van der Waals surface area contributed by atoms with Crippen LogP contribution in [0.2, 0.25) is 0 Å². The Kier molecular flexibility index (Phi) is 6.74. The summed E-state index contributed by atoms with van der Waals surface area (Å²) < 4.78 is 11.8. The van der Waals surface area contributed by atoms with Gasteiger partial charge in [-0.25, -0.2) is 0 Å². The Labute approximate surface area is 194 Å². The van der Waals surface area contributed by atoms with E-state index in [-0.39, 0.29) is 11.6 Å². The number of phenolic OH excluding ortho intramolecular Hbond substituents is 1. The predicted octanol–water partition coefficient (Wildman–Crippen LogP) is 5.00. The molecular formula is C23H24IN3O4. The zero-order chi connectivity index (χ0) is 21.8. The van der Waals surface area contributed by atoms with Crippen molar-refractivity contribution >= 4 is 28.5 Å². The average Bonchev–Trinajstić information content (AvgIpc) is 3.28. The maximum Gasteiger partial charge on any atom is 0.316 e. The van der Waals surface area contributed by atoms with E-state index in [0.29, 0.717) is 33.2 Å². The van der Waals surface area contributed by atoms with Gasteiger partial charge in [-0.1, -0.05) is 23.7 Å². The van der Waals surface area contributed by atoms with Crippen LogP contribution in [-0.2, 0) is 6.54 Å². The summed E-state index contributed by atoms with van der Waals surface area (Å²) in [6.07, 6.45) is 6.31. The highest BCUT2D eigenvalue weighted by Gasteiger charge is 2.18. The number of aromatic hydroxyl groups is 1. The number of aryl methyl sites for hydroxylation is 1. The van der Waals surface area contributed by atoms with Gasteiger partial charge in [0.05, 0.1) is 9.67 Å².